The monoisotopic (exact) mass is 252 g/mol. The van der Waals surface area contributed by atoms with Gasteiger partial charge in [0.05, 0.1) is 24.0 Å². The Labute approximate surface area is 99.9 Å². The van der Waals surface area contributed by atoms with Crippen LogP contribution in [-0.4, -0.2) is 20.8 Å². The van der Waals surface area contributed by atoms with Crippen LogP contribution in [0.4, 0.5) is 0 Å². The summed E-state index contributed by atoms with van der Waals surface area (Å²) in [5.41, 5.74) is 1.31. The largest absolute Gasteiger partial charge is 0.493 e. The van der Waals surface area contributed by atoms with Crippen molar-refractivity contribution in [3.63, 3.8) is 0 Å². The molecule has 6 heteroatoms. The molecule has 0 aromatic heterocycles. The van der Waals surface area contributed by atoms with E-state index in [0.29, 0.717) is 24.3 Å². The maximum atomic E-state index is 11.1. The Kier molecular flexibility index (Phi) is 3.05. The summed E-state index contributed by atoms with van der Waals surface area (Å²) in [7, 11) is -3.50. The highest BCUT2D eigenvalue weighted by molar-refractivity contribution is 7.89. The van der Waals surface area contributed by atoms with Gasteiger partial charge in [0.2, 0.25) is 10.0 Å². The Hall–Kier alpha value is -1.58. The molecule has 1 aliphatic heterocycles. The van der Waals surface area contributed by atoms with Gasteiger partial charge < -0.3 is 4.74 Å². The lowest BCUT2D eigenvalue weighted by Crippen LogP contribution is -2.25. The number of nitrogens with zero attached hydrogens (tertiary/aromatic N) is 1. The summed E-state index contributed by atoms with van der Waals surface area (Å²) >= 11 is 0. The van der Waals surface area contributed by atoms with Crippen LogP contribution in [0.1, 0.15) is 23.5 Å². The number of hydrogen-bond donors (Lipinski definition) is 1. The fourth-order valence-electron chi connectivity index (χ4n) is 1.99. The minimum Gasteiger partial charge on any atom is -0.493 e. The molecule has 2 rings (SSSR count). The minimum absolute atomic E-state index is 0.0880. The van der Waals surface area contributed by atoms with Crippen molar-refractivity contribution in [3.05, 3.63) is 29.3 Å². The van der Waals surface area contributed by atoms with Crippen molar-refractivity contribution in [1.82, 2.24) is 0 Å². The fourth-order valence-corrected chi connectivity index (χ4v) is 2.89. The molecule has 17 heavy (non-hydrogen) atoms. The Balaban J connectivity index is 2.36. The number of nitrogens with two attached hydrogens (primary N) is 1. The first kappa shape index (κ1) is 11.9. The zero-order valence-electron chi connectivity index (χ0n) is 9.09. The zero-order chi connectivity index (χ0) is 12.5. The lowest BCUT2D eigenvalue weighted by Gasteiger charge is -2.25. The number of hydrogen-bond acceptors (Lipinski definition) is 4. The summed E-state index contributed by atoms with van der Waals surface area (Å²) in [6, 6.07) is 7.04. The summed E-state index contributed by atoms with van der Waals surface area (Å²) in [6.45, 7) is 0.446. The summed E-state index contributed by atoms with van der Waals surface area (Å²) in [5.74, 6) is 0.348. The third-order valence-electron chi connectivity index (χ3n) is 2.74. The molecule has 0 radical (unpaired) electrons. The Morgan fingerprint density at radius 2 is 2.29 bits per heavy atom. The molecule has 0 amide bonds. The van der Waals surface area contributed by atoms with Crippen molar-refractivity contribution < 1.29 is 13.2 Å². The summed E-state index contributed by atoms with van der Waals surface area (Å²) < 4.78 is 27.7. The van der Waals surface area contributed by atoms with E-state index in [1.165, 1.54) is 0 Å². The number of benzene rings is 1. The average Bonchev–Trinajstić information content (AvgIpc) is 2.26. The Morgan fingerprint density at radius 3 is 2.94 bits per heavy atom. The van der Waals surface area contributed by atoms with Crippen molar-refractivity contribution in [2.24, 2.45) is 5.14 Å². The maximum Gasteiger partial charge on any atom is 0.209 e. The van der Waals surface area contributed by atoms with Crippen molar-refractivity contribution in [1.29, 1.82) is 5.26 Å². The van der Waals surface area contributed by atoms with Gasteiger partial charge in [-0.05, 0) is 24.1 Å². The minimum atomic E-state index is -3.50. The van der Waals surface area contributed by atoms with E-state index >= 15 is 0 Å². The molecular formula is C11H12N2O3S. The molecule has 1 atom stereocenters. The van der Waals surface area contributed by atoms with Crippen LogP contribution in [0.3, 0.4) is 0 Å². The lowest BCUT2D eigenvalue weighted by molar-refractivity contribution is 0.272. The van der Waals surface area contributed by atoms with Gasteiger partial charge in [-0.2, -0.15) is 5.26 Å². The Bertz CT molecular complexity index is 575. The van der Waals surface area contributed by atoms with Crippen molar-refractivity contribution in [2.45, 2.75) is 12.3 Å². The molecule has 2 N–H and O–H groups in total. The van der Waals surface area contributed by atoms with E-state index in [4.69, 9.17) is 15.1 Å². The molecule has 5 nitrogen and oxygen atoms in total. The molecule has 1 aromatic rings. The van der Waals surface area contributed by atoms with Crippen molar-refractivity contribution in [2.75, 3.05) is 12.4 Å². The number of ether oxygens (including phenoxy) is 1. The molecule has 0 bridgehead atoms. The lowest BCUT2D eigenvalue weighted by atomic mass is 9.94. The van der Waals surface area contributed by atoms with Crippen LogP contribution in [0.25, 0.3) is 0 Å². The molecule has 1 aromatic carbocycles. The number of nitriles is 1. The second-order valence-corrected chi connectivity index (χ2v) is 5.69. The van der Waals surface area contributed by atoms with E-state index in [1.807, 2.05) is 6.07 Å². The van der Waals surface area contributed by atoms with Gasteiger partial charge in [0, 0.05) is 5.92 Å². The first-order valence-electron chi connectivity index (χ1n) is 5.17. The molecule has 90 valence electrons. The van der Waals surface area contributed by atoms with Crippen LogP contribution in [0.5, 0.6) is 5.75 Å². The molecule has 0 saturated carbocycles. The van der Waals surface area contributed by atoms with Crippen LogP contribution in [-0.2, 0) is 10.0 Å². The SMILES string of the molecule is N#Cc1ccc2c(c1)OCC[C@H]2CS(N)(=O)=O. The second-order valence-electron chi connectivity index (χ2n) is 4.03. The van der Waals surface area contributed by atoms with E-state index in [2.05, 4.69) is 0 Å². The topological polar surface area (TPSA) is 93.2 Å². The molecular weight excluding hydrogens is 240 g/mol. The second kappa shape index (κ2) is 4.35. The first-order chi connectivity index (χ1) is 7.99. The van der Waals surface area contributed by atoms with E-state index in [9.17, 15) is 8.42 Å². The molecule has 0 saturated heterocycles. The summed E-state index contributed by atoms with van der Waals surface area (Å²) in [5, 5.41) is 13.8. The van der Waals surface area contributed by atoms with Gasteiger partial charge in [-0.3, -0.25) is 0 Å². The smallest absolute Gasteiger partial charge is 0.209 e. The van der Waals surface area contributed by atoms with Crippen LogP contribution in [0, 0.1) is 11.3 Å². The third kappa shape index (κ3) is 2.75. The van der Waals surface area contributed by atoms with Gasteiger partial charge in [0.15, 0.2) is 0 Å². The highest BCUT2D eigenvalue weighted by atomic mass is 32.2. The van der Waals surface area contributed by atoms with Gasteiger partial charge in [-0.25, -0.2) is 13.6 Å². The van der Waals surface area contributed by atoms with E-state index < -0.39 is 10.0 Å². The van der Waals surface area contributed by atoms with Gasteiger partial charge in [-0.1, -0.05) is 6.07 Å². The molecule has 0 aliphatic carbocycles. The maximum absolute atomic E-state index is 11.1. The highest BCUT2D eigenvalue weighted by Gasteiger charge is 2.25. The predicted molar refractivity (Wildman–Crippen MR) is 62.0 cm³/mol. The number of rotatable bonds is 2. The van der Waals surface area contributed by atoms with E-state index in [0.717, 1.165) is 5.56 Å². The van der Waals surface area contributed by atoms with Crippen LogP contribution < -0.4 is 9.88 Å². The number of fused-ring (bicyclic) bond motifs is 1. The van der Waals surface area contributed by atoms with Crippen LogP contribution in [0.15, 0.2) is 18.2 Å². The van der Waals surface area contributed by atoms with Crippen molar-refractivity contribution >= 4 is 10.0 Å². The first-order valence-corrected chi connectivity index (χ1v) is 6.88. The number of sulfonamides is 1. The van der Waals surface area contributed by atoms with Gasteiger partial charge >= 0.3 is 0 Å². The quantitative estimate of drug-likeness (QED) is 0.838. The van der Waals surface area contributed by atoms with Crippen LogP contribution >= 0.6 is 0 Å². The molecule has 1 aliphatic rings. The van der Waals surface area contributed by atoms with Gasteiger partial charge in [0.1, 0.15) is 5.75 Å². The normalized spacial score (nSPS) is 18.9. The standard InChI is InChI=1S/C11H12N2O3S/c12-6-8-1-2-10-9(7-17(13,14)15)3-4-16-11(10)5-8/h1-2,5,9H,3-4,7H2,(H2,13,14,15)/t9-/m0/s1. The van der Waals surface area contributed by atoms with Crippen LogP contribution in [0.2, 0.25) is 0 Å². The average molecular weight is 252 g/mol. The summed E-state index contributed by atoms with van der Waals surface area (Å²) in [6.07, 6.45) is 0.620. The molecule has 1 heterocycles. The number of primary sulfonamides is 1. The molecule has 0 fully saturated rings. The van der Waals surface area contributed by atoms with Gasteiger partial charge in [0.25, 0.3) is 0 Å². The molecule has 0 unspecified atom stereocenters. The zero-order valence-corrected chi connectivity index (χ0v) is 9.90. The highest BCUT2D eigenvalue weighted by Crippen LogP contribution is 2.34. The predicted octanol–water partition coefficient (Wildman–Crippen LogP) is 0.713. The van der Waals surface area contributed by atoms with Crippen molar-refractivity contribution in [3.8, 4) is 11.8 Å². The molecule has 0 spiro atoms. The van der Waals surface area contributed by atoms with Gasteiger partial charge in [-0.15, -0.1) is 0 Å². The fraction of sp³-hybridized carbons (Fsp3) is 0.364. The Morgan fingerprint density at radius 1 is 1.53 bits per heavy atom. The third-order valence-corrected chi connectivity index (χ3v) is 3.61. The summed E-state index contributed by atoms with van der Waals surface area (Å²) in [4.78, 5) is 0. The van der Waals surface area contributed by atoms with E-state index in [-0.39, 0.29) is 11.7 Å². The van der Waals surface area contributed by atoms with E-state index in [1.54, 1.807) is 18.2 Å².